The first kappa shape index (κ1) is 60.1. The van der Waals surface area contributed by atoms with E-state index < -0.39 is 0 Å². The molecule has 3 saturated heterocycles. The van der Waals surface area contributed by atoms with Crippen LogP contribution in [0.5, 0.6) is 0 Å². The van der Waals surface area contributed by atoms with Gasteiger partial charge in [0.25, 0.3) is 0 Å². The second-order valence-electron chi connectivity index (χ2n) is 26.8. The number of nitrogens with zero attached hydrogens (tertiary/aromatic N) is 20. The van der Waals surface area contributed by atoms with Gasteiger partial charge in [0.2, 0.25) is 0 Å². The molecule has 0 amide bonds. The molecule has 0 spiro atoms. The monoisotopic (exact) mass is 1250 g/mol. The van der Waals surface area contributed by atoms with Crippen LogP contribution in [0.15, 0.2) is 67.6 Å². The lowest BCUT2D eigenvalue weighted by atomic mass is 9.79. The largest absolute Gasteiger partial charge is 0.348 e. The molecule has 0 aliphatic carbocycles. The smallest absolute Gasteiger partial charge is 0.191 e. The van der Waals surface area contributed by atoms with Gasteiger partial charge in [-0.05, 0) is 151 Å². The minimum Gasteiger partial charge on any atom is -0.348 e. The number of rotatable bonds is 8. The highest BCUT2D eigenvalue weighted by Gasteiger charge is 2.41. The number of nitrogens with one attached hydrogen (secondary N) is 3. The summed E-state index contributed by atoms with van der Waals surface area (Å²) >= 11 is 4.85. The Morgan fingerprint density at radius 1 is 0.506 bits per heavy atom. The lowest BCUT2D eigenvalue weighted by Gasteiger charge is -2.48. The Balaban J connectivity index is 0.000000124. The van der Waals surface area contributed by atoms with Gasteiger partial charge in [0.05, 0.1) is 48.1 Å². The summed E-state index contributed by atoms with van der Waals surface area (Å²) in [5, 5.41) is 23.1. The summed E-state index contributed by atoms with van der Waals surface area (Å²) in [5.74, 6) is 1.33. The molecule has 462 valence electrons. The number of anilines is 3. The van der Waals surface area contributed by atoms with E-state index in [0.717, 1.165) is 166 Å². The van der Waals surface area contributed by atoms with E-state index in [1.54, 1.807) is 49.2 Å². The van der Waals surface area contributed by atoms with Crippen LogP contribution in [0.4, 0.5) is 15.4 Å². The molecule has 0 unspecified atom stereocenters. The van der Waals surface area contributed by atoms with Crippen molar-refractivity contribution in [3.05, 3.63) is 95.9 Å². The van der Waals surface area contributed by atoms with Crippen LogP contribution >= 0.6 is 34.0 Å². The van der Waals surface area contributed by atoms with E-state index in [1.165, 1.54) is 0 Å². The van der Waals surface area contributed by atoms with Crippen LogP contribution in [-0.2, 0) is 0 Å². The molecule has 3 N–H and O–H groups in total. The van der Waals surface area contributed by atoms with E-state index in [-0.39, 0.29) is 22.2 Å². The van der Waals surface area contributed by atoms with Crippen molar-refractivity contribution in [2.75, 3.05) is 55.0 Å². The quantitative estimate of drug-likeness (QED) is 0.128. The lowest BCUT2D eigenvalue weighted by Crippen LogP contribution is -2.61. The highest BCUT2D eigenvalue weighted by atomic mass is 32.1. The Kier molecular flexibility index (Phi) is 15.4. The van der Waals surface area contributed by atoms with E-state index >= 15 is 0 Å². The van der Waals surface area contributed by atoms with Crippen molar-refractivity contribution in [1.82, 2.24) is 99.4 Å². The van der Waals surface area contributed by atoms with Gasteiger partial charge in [0.1, 0.15) is 43.4 Å². The zero-order valence-electron chi connectivity index (χ0n) is 53.3. The van der Waals surface area contributed by atoms with Crippen LogP contribution in [0.1, 0.15) is 109 Å². The minimum absolute atomic E-state index is 0.0815. The van der Waals surface area contributed by atoms with Gasteiger partial charge in [-0.1, -0.05) is 34.0 Å². The normalized spacial score (nSPS) is 17.6. The number of aryl methyl sites for hydroxylation is 5. The predicted octanol–water partition coefficient (Wildman–Crippen LogP) is 10.4. The van der Waals surface area contributed by atoms with Gasteiger partial charge in [-0.15, -0.1) is 0 Å². The van der Waals surface area contributed by atoms with E-state index in [1.807, 2.05) is 76.9 Å². The van der Waals surface area contributed by atoms with Gasteiger partial charge in [-0.3, -0.25) is 0 Å². The fraction of sp³-hybridized carbons (Fsp3) is 0.460. The summed E-state index contributed by atoms with van der Waals surface area (Å²) in [7, 11) is 4.31. The van der Waals surface area contributed by atoms with Crippen molar-refractivity contribution in [1.29, 1.82) is 0 Å². The SMILES string of the molecule is Cc1cn2cc(-c3ncc4nc(N(C)C5CC(C)(C)NC(C)(C)C5)sc4n3)cc(C)c2n1.Cc1cn2nc(-c3cnc4nc(N5CCNCC5)sc4n3)ccc2n1.Cc1cn2nc(-c3ncc4nc(N(C)C5CC(C)(C)NC(C)(C)C5)sc4n3)cc(C)c2n1. The maximum atomic E-state index is 4.88. The van der Waals surface area contributed by atoms with Gasteiger partial charge >= 0.3 is 0 Å². The number of thiazole rings is 3. The maximum Gasteiger partial charge on any atom is 0.191 e. The lowest BCUT2D eigenvalue weighted by molar-refractivity contribution is 0.160. The highest BCUT2D eigenvalue weighted by Crippen LogP contribution is 2.39. The average molecular weight is 1250 g/mol. The Bertz CT molecular complexity index is 4380. The van der Waals surface area contributed by atoms with Crippen LogP contribution in [0, 0.1) is 34.6 Å². The van der Waals surface area contributed by atoms with E-state index in [0.29, 0.717) is 23.6 Å². The van der Waals surface area contributed by atoms with E-state index in [4.69, 9.17) is 24.9 Å². The molecule has 15 heterocycles. The van der Waals surface area contributed by atoms with Crippen molar-refractivity contribution in [2.24, 2.45) is 0 Å². The predicted molar refractivity (Wildman–Crippen MR) is 358 cm³/mol. The van der Waals surface area contributed by atoms with Crippen LogP contribution in [-0.4, -0.2) is 158 Å². The molecular weight excluding hydrogens is 1180 g/mol. The molecule has 15 rings (SSSR count). The summed E-state index contributed by atoms with van der Waals surface area (Å²) < 4.78 is 5.63. The van der Waals surface area contributed by atoms with Crippen molar-refractivity contribution in [2.45, 2.75) is 150 Å². The molecule has 0 radical (unpaired) electrons. The summed E-state index contributed by atoms with van der Waals surface area (Å²) in [5.41, 5.74) is 13.7. The fourth-order valence-electron chi connectivity index (χ4n) is 13.2. The summed E-state index contributed by atoms with van der Waals surface area (Å²) in [6, 6.07) is 8.80. The number of fused-ring (bicyclic) bond motifs is 6. The molecule has 3 aliphatic rings. The van der Waals surface area contributed by atoms with Gasteiger partial charge in [0.15, 0.2) is 48.8 Å². The second kappa shape index (κ2) is 22.9. The molecule has 0 bridgehead atoms. The average Bonchev–Trinajstić information content (AvgIpc) is 1.88. The van der Waals surface area contributed by atoms with E-state index in [9.17, 15) is 0 Å². The van der Waals surface area contributed by atoms with Gasteiger partial charge in [-0.2, -0.15) is 15.2 Å². The van der Waals surface area contributed by atoms with Crippen LogP contribution in [0.25, 0.3) is 82.4 Å². The number of aromatic nitrogens is 17. The van der Waals surface area contributed by atoms with Crippen LogP contribution < -0.4 is 30.7 Å². The van der Waals surface area contributed by atoms with Crippen molar-refractivity contribution in [3.63, 3.8) is 0 Å². The summed E-state index contributed by atoms with van der Waals surface area (Å²) in [6.07, 6.45) is 17.6. The van der Waals surface area contributed by atoms with Gasteiger partial charge in [-0.25, -0.2) is 63.9 Å². The Morgan fingerprint density at radius 2 is 1.06 bits per heavy atom. The second-order valence-corrected chi connectivity index (χ2v) is 29.7. The highest BCUT2D eigenvalue weighted by molar-refractivity contribution is 7.22. The van der Waals surface area contributed by atoms with Gasteiger partial charge in [0, 0.05) is 92.5 Å². The third-order valence-corrected chi connectivity index (χ3v) is 19.7. The third kappa shape index (κ3) is 12.7. The summed E-state index contributed by atoms with van der Waals surface area (Å²) in [6.45, 7) is 32.2. The molecule has 0 saturated carbocycles. The number of piperidine rings is 2. The molecular formula is C63H77N23S3. The molecule has 0 aromatic carbocycles. The Labute approximate surface area is 529 Å². The number of hydrogen-bond acceptors (Lipinski definition) is 23. The molecule has 12 aromatic heterocycles. The van der Waals surface area contributed by atoms with Crippen molar-refractivity contribution < 1.29 is 0 Å². The first-order valence-electron chi connectivity index (χ1n) is 30.3. The van der Waals surface area contributed by atoms with Crippen molar-refractivity contribution >= 4 is 97.5 Å². The molecule has 89 heavy (non-hydrogen) atoms. The molecule has 23 nitrogen and oxygen atoms in total. The number of imidazole rings is 3. The third-order valence-electron chi connectivity index (χ3n) is 16.6. The maximum absolute atomic E-state index is 4.88. The van der Waals surface area contributed by atoms with Crippen LogP contribution in [0.2, 0.25) is 0 Å². The van der Waals surface area contributed by atoms with Gasteiger partial charge < -0.3 is 35.1 Å². The minimum atomic E-state index is 0.0815. The number of hydrogen-bond donors (Lipinski definition) is 3. The Morgan fingerprint density at radius 3 is 1.70 bits per heavy atom. The molecule has 12 aromatic rings. The zero-order chi connectivity index (χ0) is 62.5. The van der Waals surface area contributed by atoms with Crippen molar-refractivity contribution in [3.8, 4) is 34.3 Å². The number of pyridine rings is 1. The first-order chi connectivity index (χ1) is 42.2. The fourth-order valence-corrected chi connectivity index (χ4v) is 16.1. The molecule has 0 atom stereocenters. The first-order valence-corrected chi connectivity index (χ1v) is 32.7. The zero-order valence-corrected chi connectivity index (χ0v) is 55.8. The van der Waals surface area contributed by atoms with E-state index in [2.05, 4.69) is 169 Å². The standard InChI is InChI=1S/C24H31N7S.C23H30N8S.C16H16N8S/c1-14-8-16(13-31-12-15(2)26-20(14)31)19-25-11-18-21(28-19)32-22(27-18)30(7)17-9-23(3,4)29-24(5,6)10-17;1-13-8-16(28-31-12-14(2)25-19(13)31)18-24-11-17-20(27-18)32-21(26-17)30(7)15-9-22(3,4)29-23(5,6)10-15;1-10-9-24-13(19-10)3-2-11(22-24)12-8-18-14-15(20-12)25-16(21-14)23-6-4-17-5-7-23/h8,11-13,17,29H,9-10H2,1-7H3;8,11-12,15,29H,9-10H2,1-7H3;2-3,8-9,17H,4-7H2,1H3. The number of piperazine rings is 1. The summed E-state index contributed by atoms with van der Waals surface area (Å²) in [4.78, 5) is 65.6. The molecule has 3 aliphatic heterocycles. The molecule has 3 fully saturated rings. The molecule has 26 heteroatoms. The topological polar surface area (TPSA) is 240 Å². The Hall–Kier alpha value is -7.88. The van der Waals surface area contributed by atoms with Crippen LogP contribution in [0.3, 0.4) is 0 Å².